The number of imidazole rings is 1. The number of aryl methyl sites for hydroxylation is 1. The number of aromatic nitrogens is 4. The molecular formula is C18H20N6O2. The standard InChI is InChI=1S/C18H20N6O2/c1-12(25)21-14-11-23(10-13(14)15-6-7-20-22(15)2)18(26)16-9-19-17-5-3-4-8-24(16)17/h3-9,13-14H,10-11H2,1-2H3,(H,21,25)/t13-,14-/m1/s1. The molecule has 0 saturated carbocycles. The van der Waals surface area contributed by atoms with Gasteiger partial charge in [-0.25, -0.2) is 4.98 Å². The third kappa shape index (κ3) is 2.73. The highest BCUT2D eigenvalue weighted by atomic mass is 16.2. The van der Waals surface area contributed by atoms with Crippen LogP contribution in [0.25, 0.3) is 5.65 Å². The maximum Gasteiger partial charge on any atom is 0.272 e. The lowest BCUT2D eigenvalue weighted by molar-refractivity contribution is -0.119. The summed E-state index contributed by atoms with van der Waals surface area (Å²) in [7, 11) is 1.87. The van der Waals surface area contributed by atoms with Crippen LogP contribution >= 0.6 is 0 Å². The van der Waals surface area contributed by atoms with Crippen LogP contribution in [0.5, 0.6) is 0 Å². The second-order valence-corrected chi connectivity index (χ2v) is 6.58. The van der Waals surface area contributed by atoms with Crippen molar-refractivity contribution in [1.29, 1.82) is 0 Å². The maximum absolute atomic E-state index is 13.1. The first-order chi connectivity index (χ1) is 12.5. The molecule has 4 heterocycles. The van der Waals surface area contributed by atoms with Crippen molar-refractivity contribution in [2.45, 2.75) is 18.9 Å². The molecule has 3 aromatic heterocycles. The smallest absolute Gasteiger partial charge is 0.272 e. The van der Waals surface area contributed by atoms with E-state index in [9.17, 15) is 9.59 Å². The van der Waals surface area contributed by atoms with Crippen LogP contribution in [0.2, 0.25) is 0 Å². The molecular weight excluding hydrogens is 332 g/mol. The monoisotopic (exact) mass is 352 g/mol. The van der Waals surface area contributed by atoms with Gasteiger partial charge >= 0.3 is 0 Å². The number of carbonyl (C=O) groups is 2. The zero-order valence-electron chi connectivity index (χ0n) is 14.7. The summed E-state index contributed by atoms with van der Waals surface area (Å²) in [6, 6.07) is 7.40. The van der Waals surface area contributed by atoms with Crippen molar-refractivity contribution < 1.29 is 9.59 Å². The number of nitrogens with zero attached hydrogens (tertiary/aromatic N) is 5. The summed E-state index contributed by atoms with van der Waals surface area (Å²) in [4.78, 5) is 30.8. The summed E-state index contributed by atoms with van der Waals surface area (Å²) in [6.45, 7) is 2.47. The Bertz CT molecular complexity index is 975. The predicted molar refractivity (Wildman–Crippen MR) is 94.6 cm³/mol. The molecule has 1 saturated heterocycles. The Kier molecular flexibility index (Phi) is 3.95. The second kappa shape index (κ2) is 6.29. The van der Waals surface area contributed by atoms with E-state index < -0.39 is 0 Å². The Hall–Kier alpha value is -3.16. The van der Waals surface area contributed by atoms with Crippen molar-refractivity contribution >= 4 is 17.5 Å². The molecule has 0 unspecified atom stereocenters. The molecule has 26 heavy (non-hydrogen) atoms. The molecule has 0 aliphatic carbocycles. The first kappa shape index (κ1) is 16.3. The van der Waals surface area contributed by atoms with Crippen LogP contribution in [0.4, 0.5) is 0 Å². The van der Waals surface area contributed by atoms with Crippen molar-refractivity contribution in [2.75, 3.05) is 13.1 Å². The van der Waals surface area contributed by atoms with Crippen LogP contribution in [0.1, 0.15) is 29.0 Å². The van der Waals surface area contributed by atoms with E-state index in [0.29, 0.717) is 18.8 Å². The van der Waals surface area contributed by atoms with Gasteiger partial charge in [0.1, 0.15) is 11.3 Å². The molecule has 134 valence electrons. The molecule has 4 rings (SSSR count). The first-order valence-electron chi connectivity index (χ1n) is 8.51. The number of pyridine rings is 1. The topological polar surface area (TPSA) is 84.5 Å². The lowest BCUT2D eigenvalue weighted by atomic mass is 9.99. The van der Waals surface area contributed by atoms with Gasteiger partial charge in [0.05, 0.1) is 12.2 Å². The van der Waals surface area contributed by atoms with Gasteiger partial charge in [-0.15, -0.1) is 0 Å². The van der Waals surface area contributed by atoms with Crippen molar-refractivity contribution in [3.63, 3.8) is 0 Å². The summed E-state index contributed by atoms with van der Waals surface area (Å²) in [6.07, 6.45) is 5.16. The molecule has 8 heteroatoms. The molecule has 0 spiro atoms. The van der Waals surface area contributed by atoms with E-state index in [2.05, 4.69) is 15.4 Å². The normalized spacial score (nSPS) is 19.8. The molecule has 1 aliphatic heterocycles. The Morgan fingerprint density at radius 2 is 2.08 bits per heavy atom. The maximum atomic E-state index is 13.1. The molecule has 1 aliphatic rings. The molecule has 3 aromatic rings. The Balaban J connectivity index is 1.64. The third-order valence-corrected chi connectivity index (χ3v) is 4.87. The van der Waals surface area contributed by atoms with E-state index in [0.717, 1.165) is 11.3 Å². The van der Waals surface area contributed by atoms with Crippen LogP contribution < -0.4 is 5.32 Å². The van der Waals surface area contributed by atoms with Crippen LogP contribution in [0.3, 0.4) is 0 Å². The highest BCUT2D eigenvalue weighted by Gasteiger charge is 2.38. The minimum atomic E-state index is -0.147. The fourth-order valence-corrected chi connectivity index (χ4v) is 3.68. The van der Waals surface area contributed by atoms with E-state index in [1.165, 1.54) is 6.92 Å². The number of fused-ring (bicyclic) bond motifs is 1. The molecule has 8 nitrogen and oxygen atoms in total. The van der Waals surface area contributed by atoms with Gasteiger partial charge < -0.3 is 10.2 Å². The second-order valence-electron chi connectivity index (χ2n) is 6.58. The summed E-state index contributed by atoms with van der Waals surface area (Å²) in [5.41, 5.74) is 2.25. The molecule has 2 amide bonds. The third-order valence-electron chi connectivity index (χ3n) is 4.87. The molecule has 1 N–H and O–H groups in total. The van der Waals surface area contributed by atoms with Gasteiger partial charge in [0.25, 0.3) is 5.91 Å². The number of hydrogen-bond donors (Lipinski definition) is 1. The number of carbonyl (C=O) groups excluding carboxylic acids is 2. The number of amides is 2. The van der Waals surface area contributed by atoms with Crippen molar-refractivity contribution in [1.82, 2.24) is 29.4 Å². The molecule has 0 bridgehead atoms. The minimum absolute atomic E-state index is 0.00506. The lowest BCUT2D eigenvalue weighted by Crippen LogP contribution is -2.39. The Morgan fingerprint density at radius 1 is 1.23 bits per heavy atom. The average Bonchev–Trinajstić information content (AvgIpc) is 3.31. The number of likely N-dealkylation sites (tertiary alicyclic amines) is 1. The predicted octanol–water partition coefficient (Wildman–Crippen LogP) is 0.812. The molecule has 2 atom stereocenters. The number of rotatable bonds is 3. The van der Waals surface area contributed by atoms with Crippen LogP contribution in [0, 0.1) is 0 Å². The van der Waals surface area contributed by atoms with Gasteiger partial charge in [-0.05, 0) is 18.2 Å². The van der Waals surface area contributed by atoms with Gasteiger partial charge in [0.15, 0.2) is 0 Å². The van der Waals surface area contributed by atoms with E-state index in [-0.39, 0.29) is 23.8 Å². The minimum Gasteiger partial charge on any atom is -0.351 e. The summed E-state index contributed by atoms with van der Waals surface area (Å²) < 4.78 is 3.58. The van der Waals surface area contributed by atoms with Crippen molar-refractivity contribution in [3.8, 4) is 0 Å². The number of nitrogens with one attached hydrogen (secondary N) is 1. The van der Waals surface area contributed by atoms with Gasteiger partial charge in [-0.1, -0.05) is 6.07 Å². The lowest BCUT2D eigenvalue weighted by Gasteiger charge is -2.18. The van der Waals surface area contributed by atoms with E-state index in [4.69, 9.17) is 0 Å². The largest absolute Gasteiger partial charge is 0.351 e. The summed E-state index contributed by atoms with van der Waals surface area (Å²) >= 11 is 0. The Labute approximate surface area is 150 Å². The SMILES string of the molecule is CC(=O)N[C@@H]1CN(C(=O)c2cnc3ccccn23)C[C@H]1c1ccnn1C. The molecule has 0 radical (unpaired) electrons. The Morgan fingerprint density at radius 3 is 2.81 bits per heavy atom. The van der Waals surface area contributed by atoms with Gasteiger partial charge in [-0.2, -0.15) is 5.10 Å². The molecule has 0 aromatic carbocycles. The average molecular weight is 352 g/mol. The first-order valence-corrected chi connectivity index (χ1v) is 8.51. The van der Waals surface area contributed by atoms with Crippen LogP contribution in [-0.2, 0) is 11.8 Å². The van der Waals surface area contributed by atoms with E-state index >= 15 is 0 Å². The zero-order chi connectivity index (χ0) is 18.3. The van der Waals surface area contributed by atoms with E-state index in [1.807, 2.05) is 37.5 Å². The van der Waals surface area contributed by atoms with Gasteiger partial charge in [0.2, 0.25) is 5.91 Å². The highest BCUT2D eigenvalue weighted by molar-refractivity contribution is 5.93. The van der Waals surface area contributed by atoms with Gasteiger partial charge in [-0.3, -0.25) is 18.7 Å². The number of hydrogen-bond acceptors (Lipinski definition) is 4. The summed E-state index contributed by atoms with van der Waals surface area (Å²) in [5, 5.41) is 7.20. The zero-order valence-corrected chi connectivity index (χ0v) is 14.7. The van der Waals surface area contributed by atoms with Crippen molar-refractivity contribution in [2.24, 2.45) is 7.05 Å². The van der Waals surface area contributed by atoms with E-state index in [1.54, 1.807) is 26.4 Å². The molecule has 1 fully saturated rings. The summed E-state index contributed by atoms with van der Waals surface area (Å²) in [5.74, 6) is -0.204. The highest BCUT2D eigenvalue weighted by Crippen LogP contribution is 2.28. The fraction of sp³-hybridized carbons (Fsp3) is 0.333. The van der Waals surface area contributed by atoms with Crippen LogP contribution in [0.15, 0.2) is 42.9 Å². The van der Waals surface area contributed by atoms with Gasteiger partial charge in [0, 0.05) is 51.1 Å². The fourth-order valence-electron chi connectivity index (χ4n) is 3.68. The van der Waals surface area contributed by atoms with Crippen LogP contribution in [-0.4, -0.2) is 55.0 Å². The quantitative estimate of drug-likeness (QED) is 0.756. The van der Waals surface area contributed by atoms with Crippen molar-refractivity contribution in [3.05, 3.63) is 54.2 Å².